The Balaban J connectivity index is 0.712. The van der Waals surface area contributed by atoms with E-state index in [1.54, 1.807) is 6.07 Å². The summed E-state index contributed by atoms with van der Waals surface area (Å²) in [6, 6.07) is 16.2. The molecule has 0 bridgehead atoms. The van der Waals surface area contributed by atoms with Gasteiger partial charge in [-0.1, -0.05) is 51.0 Å². The van der Waals surface area contributed by atoms with E-state index in [1.165, 1.54) is 54.7 Å². The molecule has 0 radical (unpaired) electrons. The molecule has 9 rings (SSSR count). The van der Waals surface area contributed by atoms with Crippen molar-refractivity contribution in [2.24, 2.45) is 11.3 Å². The van der Waals surface area contributed by atoms with Crippen LogP contribution in [0.25, 0.3) is 22.3 Å². The number of aliphatic hydroxyl groups excluding tert-OH is 1. The average molecular weight is 927 g/mol. The van der Waals surface area contributed by atoms with Gasteiger partial charge in [0.2, 0.25) is 11.8 Å². The summed E-state index contributed by atoms with van der Waals surface area (Å²) in [7, 11) is 0. The zero-order valence-corrected chi connectivity index (χ0v) is 40.3. The number of β-amino-alcohol motifs (C(OH)–C–C–N with tert-alkyl or cyclic N) is 1. The molecule has 15 nitrogen and oxygen atoms in total. The van der Waals surface area contributed by atoms with Gasteiger partial charge >= 0.3 is 6.03 Å². The van der Waals surface area contributed by atoms with Crippen LogP contribution in [0.4, 0.5) is 4.79 Å². The summed E-state index contributed by atoms with van der Waals surface area (Å²) in [6.45, 7) is 15.5. The van der Waals surface area contributed by atoms with E-state index in [4.69, 9.17) is 6.42 Å². The van der Waals surface area contributed by atoms with Gasteiger partial charge < -0.3 is 40.5 Å². The van der Waals surface area contributed by atoms with Crippen molar-refractivity contribution in [2.45, 2.75) is 122 Å². The Morgan fingerprint density at radius 2 is 1.63 bits per heavy atom. The number of aliphatic hydroxyl groups is 1. The molecule has 3 saturated heterocycles. The van der Waals surface area contributed by atoms with Crippen LogP contribution in [0, 0.1) is 23.7 Å². The summed E-state index contributed by atoms with van der Waals surface area (Å²) in [6.07, 6.45) is 13.0. The zero-order chi connectivity index (χ0) is 47.7. The fraction of sp³-hybridized carbons (Fsp3) is 0.566. The zero-order valence-electron chi connectivity index (χ0n) is 40.3. The Kier molecular flexibility index (Phi) is 14.1. The van der Waals surface area contributed by atoms with Crippen LogP contribution in [0.2, 0.25) is 0 Å². The van der Waals surface area contributed by atoms with Gasteiger partial charge in [0.25, 0.3) is 0 Å². The Morgan fingerprint density at radius 3 is 2.32 bits per heavy atom. The van der Waals surface area contributed by atoms with Crippen molar-refractivity contribution in [3.05, 3.63) is 77.0 Å². The molecule has 2 aromatic carbocycles. The van der Waals surface area contributed by atoms with E-state index in [0.29, 0.717) is 42.3 Å². The van der Waals surface area contributed by atoms with Crippen molar-refractivity contribution in [1.82, 2.24) is 50.3 Å². The van der Waals surface area contributed by atoms with E-state index in [1.807, 2.05) is 68.1 Å². The lowest BCUT2D eigenvalue weighted by Gasteiger charge is -2.46. The molecule has 1 saturated carbocycles. The second-order valence-corrected chi connectivity index (χ2v) is 21.1. The standard InChI is InChI=1S/C53H70N10O5/c1-6-35-11-13-36(14-12-35)31-54-50(66)45-29-40(64)33-63(45)51(67)48(53(3,4)5)56-52(68)61-27-25-59(26-28-61)32-37-15-17-38(18-16-37)60-22-19-39(20-23-60)62-24-21-43-47(34(62)2)42-30-44(57-58-49(42)55-43)41-9-7-8-10-46(41)65/h1,7-14,30,34,37-40,45,48,64-65H,15-29,31-33H2,2-5H3,(H,54,66)(H,55,58)(H,56,68)/t34-,37-,38-,40-,45+,48-/m1/s1. The fourth-order valence-electron chi connectivity index (χ4n) is 11.8. The van der Waals surface area contributed by atoms with Crippen LogP contribution < -0.4 is 10.6 Å². The molecule has 68 heavy (non-hydrogen) atoms. The predicted octanol–water partition coefficient (Wildman–Crippen LogP) is 5.27. The quantitative estimate of drug-likeness (QED) is 0.132. The lowest BCUT2D eigenvalue weighted by molar-refractivity contribution is -0.142. The largest absolute Gasteiger partial charge is 0.507 e. The predicted molar refractivity (Wildman–Crippen MR) is 262 cm³/mol. The van der Waals surface area contributed by atoms with E-state index in [9.17, 15) is 24.6 Å². The van der Waals surface area contributed by atoms with Gasteiger partial charge in [0, 0.05) is 106 Å². The van der Waals surface area contributed by atoms with E-state index in [2.05, 4.69) is 59.4 Å². The molecule has 0 unspecified atom stereocenters. The Hall–Kier alpha value is -5.53. The highest BCUT2D eigenvalue weighted by atomic mass is 16.3. The highest BCUT2D eigenvalue weighted by molar-refractivity contribution is 5.93. The van der Waals surface area contributed by atoms with Gasteiger partial charge in [-0.3, -0.25) is 19.4 Å². The van der Waals surface area contributed by atoms with Crippen LogP contribution in [-0.4, -0.2) is 157 Å². The first-order valence-electron chi connectivity index (χ1n) is 25.0. The first-order valence-corrected chi connectivity index (χ1v) is 25.0. The van der Waals surface area contributed by atoms with Crippen LogP contribution >= 0.6 is 0 Å². The van der Waals surface area contributed by atoms with Crippen molar-refractivity contribution in [1.29, 1.82) is 0 Å². The summed E-state index contributed by atoms with van der Waals surface area (Å²) in [5.41, 5.74) is 5.77. The third kappa shape index (κ3) is 10.2. The topological polar surface area (TPSA) is 173 Å². The molecular formula is C53H70N10O5. The number of amides is 4. The van der Waals surface area contributed by atoms with E-state index in [-0.39, 0.29) is 49.1 Å². The van der Waals surface area contributed by atoms with Gasteiger partial charge in [-0.2, -0.15) is 0 Å². The summed E-state index contributed by atoms with van der Waals surface area (Å²) in [4.78, 5) is 56.2. The van der Waals surface area contributed by atoms with Crippen LogP contribution in [0.15, 0.2) is 54.6 Å². The number of para-hydroxylation sites is 1. The van der Waals surface area contributed by atoms with Gasteiger partial charge in [0.05, 0.1) is 11.8 Å². The number of nitrogens with zero attached hydrogens (tertiary/aromatic N) is 7. The molecule has 1 aliphatic carbocycles. The number of urea groups is 1. The van der Waals surface area contributed by atoms with Gasteiger partial charge in [0.1, 0.15) is 17.8 Å². The van der Waals surface area contributed by atoms with Crippen molar-refractivity contribution >= 4 is 28.9 Å². The molecule has 5 N–H and O–H groups in total. The average Bonchev–Trinajstić information content (AvgIpc) is 3.93. The van der Waals surface area contributed by atoms with Gasteiger partial charge in [-0.05, 0) is 111 Å². The maximum atomic E-state index is 14.2. The van der Waals surface area contributed by atoms with Crippen molar-refractivity contribution in [3.63, 3.8) is 0 Å². The molecule has 4 atom stereocenters. The van der Waals surface area contributed by atoms with Crippen molar-refractivity contribution in [2.75, 3.05) is 58.9 Å². The molecule has 5 aliphatic rings. The molecule has 362 valence electrons. The third-order valence-electron chi connectivity index (χ3n) is 15.7. The number of rotatable bonds is 10. The number of phenolic OH excluding ortho intramolecular Hbond substituents is 1. The number of H-pyrrole nitrogens is 1. The third-order valence-corrected chi connectivity index (χ3v) is 15.7. The fourth-order valence-corrected chi connectivity index (χ4v) is 11.8. The summed E-state index contributed by atoms with van der Waals surface area (Å²) in [5, 5.41) is 37.2. The number of aromatic nitrogens is 3. The minimum absolute atomic E-state index is 0.0315. The number of likely N-dealkylation sites (tertiary alicyclic amines) is 2. The van der Waals surface area contributed by atoms with Crippen LogP contribution in [-0.2, 0) is 22.6 Å². The SMILES string of the molecule is C#Cc1ccc(CNC(=O)[C@@H]2C[C@@H](O)CN2C(=O)[C@@H](NC(=O)N2CCN(C[C@H]3CC[C@H](N4CCC(N5CCc6[nH]c7nnc(-c8ccccc8O)cc7c6[C@H]5C)CC4)CC3)CC2)C(C)(C)C)cc1. The number of carbonyl (C=O) groups excluding carboxylic acids is 3. The highest BCUT2D eigenvalue weighted by Crippen LogP contribution is 2.40. The number of fused-ring (bicyclic) bond motifs is 3. The lowest BCUT2D eigenvalue weighted by atomic mass is 9.84. The molecule has 4 amide bonds. The second-order valence-electron chi connectivity index (χ2n) is 21.1. The van der Waals surface area contributed by atoms with Crippen molar-refractivity contribution in [3.8, 4) is 29.4 Å². The molecular weight excluding hydrogens is 857 g/mol. The van der Waals surface area contributed by atoms with Gasteiger partial charge in [0.15, 0.2) is 5.65 Å². The maximum absolute atomic E-state index is 14.2. The first kappa shape index (κ1) is 47.5. The van der Waals surface area contributed by atoms with Gasteiger partial charge in [-0.25, -0.2) is 4.79 Å². The molecule has 0 spiro atoms. The second kappa shape index (κ2) is 20.2. The number of aromatic amines is 1. The summed E-state index contributed by atoms with van der Waals surface area (Å²) < 4.78 is 0. The molecule has 15 heteroatoms. The number of benzene rings is 2. The minimum atomic E-state index is -0.879. The number of carbonyl (C=O) groups is 3. The van der Waals surface area contributed by atoms with E-state index >= 15 is 0 Å². The number of hydrogen-bond acceptors (Lipinski definition) is 10. The van der Waals surface area contributed by atoms with E-state index in [0.717, 1.165) is 67.8 Å². The Labute approximate surface area is 401 Å². The number of terminal acetylenes is 1. The smallest absolute Gasteiger partial charge is 0.318 e. The normalized spacial score (nSPS) is 24.9. The molecule has 6 heterocycles. The highest BCUT2D eigenvalue weighted by Gasteiger charge is 2.45. The minimum Gasteiger partial charge on any atom is -0.507 e. The van der Waals surface area contributed by atoms with Crippen LogP contribution in [0.1, 0.15) is 101 Å². The number of hydrogen-bond donors (Lipinski definition) is 5. The molecule has 4 aromatic rings. The molecule has 2 aromatic heterocycles. The summed E-state index contributed by atoms with van der Waals surface area (Å²) in [5.74, 6) is 2.74. The first-order chi connectivity index (χ1) is 32.7. The Bertz CT molecular complexity index is 2470. The summed E-state index contributed by atoms with van der Waals surface area (Å²) >= 11 is 0. The van der Waals surface area contributed by atoms with Crippen LogP contribution in [0.5, 0.6) is 5.75 Å². The maximum Gasteiger partial charge on any atom is 0.318 e. The number of piperazine rings is 1. The molecule has 4 aliphatic heterocycles. The number of phenols is 1. The van der Waals surface area contributed by atoms with Crippen LogP contribution in [0.3, 0.4) is 0 Å². The number of aromatic hydroxyl groups is 1. The Morgan fingerprint density at radius 1 is 0.912 bits per heavy atom. The number of piperidine rings is 1. The van der Waals surface area contributed by atoms with E-state index < -0.39 is 23.6 Å². The lowest BCUT2D eigenvalue weighted by Crippen LogP contribution is -2.61. The number of nitrogens with one attached hydrogen (secondary N) is 3. The molecule has 4 fully saturated rings. The van der Waals surface area contributed by atoms with Crippen molar-refractivity contribution < 1.29 is 24.6 Å². The monoisotopic (exact) mass is 927 g/mol. The van der Waals surface area contributed by atoms with Gasteiger partial charge in [-0.15, -0.1) is 16.6 Å².